The van der Waals surface area contributed by atoms with Crippen molar-refractivity contribution in [2.75, 3.05) is 6.54 Å². The minimum absolute atomic E-state index is 0.110. The highest BCUT2D eigenvalue weighted by atomic mass is 16.3. The van der Waals surface area contributed by atoms with Gasteiger partial charge in [0.05, 0.1) is 5.69 Å². The van der Waals surface area contributed by atoms with Gasteiger partial charge >= 0.3 is 0 Å². The summed E-state index contributed by atoms with van der Waals surface area (Å²) in [5.74, 6) is 0.785. The minimum Gasteiger partial charge on any atom is -0.508 e. The Kier molecular flexibility index (Phi) is 4.14. The molecule has 0 unspecified atom stereocenters. The maximum atomic E-state index is 12.4. The van der Waals surface area contributed by atoms with E-state index < -0.39 is 0 Å². The number of aromatic amines is 1. The zero-order valence-electron chi connectivity index (χ0n) is 14.0. The maximum absolute atomic E-state index is 12.4. The molecule has 0 radical (unpaired) electrons. The fraction of sp³-hybridized carbons (Fsp3) is 0.211. The highest BCUT2D eigenvalue weighted by Crippen LogP contribution is 2.26. The molecular weight excluding hydrogens is 332 g/mol. The first-order chi connectivity index (χ1) is 12.6. The van der Waals surface area contributed by atoms with Crippen molar-refractivity contribution >= 4 is 0 Å². The Morgan fingerprint density at radius 3 is 2.77 bits per heavy atom. The SMILES string of the molecule is O=c1[nH]c(-c2ccncc2)nc2c1CCN(Cc1cc(O)ccc1O)C2. The number of H-pyrrole nitrogens is 1. The van der Waals surface area contributed by atoms with Gasteiger partial charge in [0.1, 0.15) is 17.3 Å². The van der Waals surface area contributed by atoms with Gasteiger partial charge in [-0.25, -0.2) is 4.98 Å². The number of hydrogen-bond donors (Lipinski definition) is 3. The third-order valence-electron chi connectivity index (χ3n) is 4.56. The Morgan fingerprint density at radius 2 is 1.96 bits per heavy atom. The van der Waals surface area contributed by atoms with Crippen molar-refractivity contribution in [2.24, 2.45) is 0 Å². The van der Waals surface area contributed by atoms with Crippen LogP contribution in [-0.2, 0) is 19.5 Å². The van der Waals surface area contributed by atoms with Crippen molar-refractivity contribution in [3.05, 3.63) is 69.9 Å². The maximum Gasteiger partial charge on any atom is 0.254 e. The summed E-state index contributed by atoms with van der Waals surface area (Å²) in [6.07, 6.45) is 3.91. The molecule has 0 aliphatic carbocycles. The zero-order valence-corrected chi connectivity index (χ0v) is 14.0. The fourth-order valence-corrected chi connectivity index (χ4v) is 3.21. The predicted octanol–water partition coefficient (Wildman–Crippen LogP) is 1.80. The molecule has 3 N–H and O–H groups in total. The van der Waals surface area contributed by atoms with Crippen LogP contribution in [0.4, 0.5) is 0 Å². The van der Waals surface area contributed by atoms with Gasteiger partial charge in [-0.3, -0.25) is 14.7 Å². The topological polar surface area (TPSA) is 102 Å². The van der Waals surface area contributed by atoms with Crippen LogP contribution >= 0.6 is 0 Å². The third kappa shape index (κ3) is 3.16. The summed E-state index contributed by atoms with van der Waals surface area (Å²) in [6, 6.07) is 8.09. The Balaban J connectivity index is 1.62. The third-order valence-corrected chi connectivity index (χ3v) is 4.56. The summed E-state index contributed by atoms with van der Waals surface area (Å²) in [7, 11) is 0. The molecule has 1 aromatic carbocycles. The van der Waals surface area contributed by atoms with Gasteiger partial charge in [0.2, 0.25) is 0 Å². The molecule has 1 aliphatic heterocycles. The molecular formula is C19H18N4O3. The number of pyridine rings is 1. The Hall–Kier alpha value is -3.19. The number of benzene rings is 1. The first kappa shape index (κ1) is 16.3. The van der Waals surface area contributed by atoms with E-state index in [4.69, 9.17) is 0 Å². The number of phenols is 2. The number of nitrogens with zero attached hydrogens (tertiary/aromatic N) is 3. The quantitative estimate of drug-likeness (QED) is 0.623. The molecule has 4 rings (SSSR count). The molecule has 0 spiro atoms. The van der Waals surface area contributed by atoms with E-state index in [2.05, 4.69) is 19.9 Å². The van der Waals surface area contributed by atoms with Crippen LogP contribution in [0.1, 0.15) is 16.8 Å². The fourth-order valence-electron chi connectivity index (χ4n) is 3.21. The number of phenolic OH excluding ortho intramolecular Hbond substituents is 2. The van der Waals surface area contributed by atoms with Crippen molar-refractivity contribution in [1.82, 2.24) is 19.9 Å². The predicted molar refractivity (Wildman–Crippen MR) is 95.7 cm³/mol. The largest absolute Gasteiger partial charge is 0.508 e. The van der Waals surface area contributed by atoms with Crippen LogP contribution in [0.15, 0.2) is 47.5 Å². The van der Waals surface area contributed by atoms with Gasteiger partial charge < -0.3 is 15.2 Å². The van der Waals surface area contributed by atoms with Crippen LogP contribution < -0.4 is 5.56 Å². The monoisotopic (exact) mass is 350 g/mol. The molecule has 0 bridgehead atoms. The number of nitrogens with one attached hydrogen (secondary N) is 1. The van der Waals surface area contributed by atoms with E-state index in [-0.39, 0.29) is 17.1 Å². The van der Waals surface area contributed by atoms with Gasteiger partial charge in [-0.05, 0) is 36.8 Å². The molecule has 3 aromatic rings. The second kappa shape index (κ2) is 6.61. The van der Waals surface area contributed by atoms with E-state index >= 15 is 0 Å². The Morgan fingerprint density at radius 1 is 1.15 bits per heavy atom. The first-order valence-electron chi connectivity index (χ1n) is 8.36. The second-order valence-corrected chi connectivity index (χ2v) is 6.35. The van der Waals surface area contributed by atoms with Crippen LogP contribution in [0.3, 0.4) is 0 Å². The number of aromatic nitrogens is 3. The molecule has 7 heteroatoms. The van der Waals surface area contributed by atoms with E-state index in [0.717, 1.165) is 11.3 Å². The summed E-state index contributed by atoms with van der Waals surface area (Å²) in [6.45, 7) is 1.66. The Bertz CT molecular complexity index is 1000. The van der Waals surface area contributed by atoms with Crippen LogP contribution in [0, 0.1) is 0 Å². The summed E-state index contributed by atoms with van der Waals surface area (Å²) < 4.78 is 0. The van der Waals surface area contributed by atoms with Gasteiger partial charge in [-0.15, -0.1) is 0 Å². The standard InChI is InChI=1S/C19H18N4O3/c24-14-1-2-17(25)13(9-14)10-23-8-5-15-16(11-23)21-18(22-19(15)26)12-3-6-20-7-4-12/h1-4,6-7,9,24-25H,5,8,10-11H2,(H,21,22,26). The average molecular weight is 350 g/mol. The van der Waals surface area contributed by atoms with E-state index in [1.54, 1.807) is 30.6 Å². The van der Waals surface area contributed by atoms with Crippen molar-refractivity contribution < 1.29 is 10.2 Å². The molecule has 0 fully saturated rings. The van der Waals surface area contributed by atoms with Gasteiger partial charge in [0, 0.05) is 48.7 Å². The minimum atomic E-state index is -0.110. The molecule has 0 saturated carbocycles. The molecule has 26 heavy (non-hydrogen) atoms. The molecule has 1 aliphatic rings. The first-order valence-corrected chi connectivity index (χ1v) is 8.36. The van der Waals surface area contributed by atoms with Crippen LogP contribution in [0.2, 0.25) is 0 Å². The lowest BCUT2D eigenvalue weighted by Gasteiger charge is -2.28. The average Bonchev–Trinajstić information content (AvgIpc) is 2.65. The van der Waals surface area contributed by atoms with Gasteiger partial charge in [0.25, 0.3) is 5.56 Å². The lowest BCUT2D eigenvalue weighted by atomic mass is 10.0. The van der Waals surface area contributed by atoms with Crippen LogP contribution in [0.25, 0.3) is 11.4 Å². The molecule has 0 saturated heterocycles. The molecule has 0 amide bonds. The normalized spacial score (nSPS) is 14.2. The zero-order chi connectivity index (χ0) is 18.1. The van der Waals surface area contributed by atoms with Crippen LogP contribution in [0.5, 0.6) is 11.5 Å². The van der Waals surface area contributed by atoms with Crippen molar-refractivity contribution in [3.63, 3.8) is 0 Å². The lowest BCUT2D eigenvalue weighted by molar-refractivity contribution is 0.237. The lowest BCUT2D eigenvalue weighted by Crippen LogP contribution is -2.35. The molecule has 0 atom stereocenters. The number of hydrogen-bond acceptors (Lipinski definition) is 6. The molecule has 3 heterocycles. The highest BCUT2D eigenvalue weighted by Gasteiger charge is 2.22. The van der Waals surface area contributed by atoms with Gasteiger partial charge in [-0.2, -0.15) is 0 Å². The molecule has 2 aromatic heterocycles. The van der Waals surface area contributed by atoms with Gasteiger partial charge in [-0.1, -0.05) is 0 Å². The summed E-state index contributed by atoms with van der Waals surface area (Å²) in [4.78, 5) is 26.0. The number of aromatic hydroxyl groups is 2. The molecule has 7 nitrogen and oxygen atoms in total. The van der Waals surface area contributed by atoms with Gasteiger partial charge in [0.15, 0.2) is 0 Å². The van der Waals surface area contributed by atoms with Crippen molar-refractivity contribution in [3.8, 4) is 22.9 Å². The van der Waals surface area contributed by atoms with E-state index in [1.165, 1.54) is 12.1 Å². The second-order valence-electron chi connectivity index (χ2n) is 6.35. The Labute approximate surface area is 149 Å². The number of fused-ring (bicyclic) bond motifs is 1. The van der Waals surface area contributed by atoms with E-state index in [0.29, 0.717) is 43.0 Å². The van der Waals surface area contributed by atoms with E-state index in [1.807, 2.05) is 0 Å². The smallest absolute Gasteiger partial charge is 0.254 e. The summed E-state index contributed by atoms with van der Waals surface area (Å²) in [5, 5.41) is 19.6. The molecule has 132 valence electrons. The van der Waals surface area contributed by atoms with E-state index in [9.17, 15) is 15.0 Å². The number of rotatable bonds is 3. The van der Waals surface area contributed by atoms with Crippen molar-refractivity contribution in [2.45, 2.75) is 19.5 Å². The summed E-state index contributed by atoms with van der Waals surface area (Å²) >= 11 is 0. The summed E-state index contributed by atoms with van der Waals surface area (Å²) in [5.41, 5.74) is 2.79. The van der Waals surface area contributed by atoms with Crippen molar-refractivity contribution in [1.29, 1.82) is 0 Å². The highest BCUT2D eigenvalue weighted by molar-refractivity contribution is 5.54. The van der Waals surface area contributed by atoms with Crippen LogP contribution in [-0.4, -0.2) is 36.6 Å².